The van der Waals surface area contributed by atoms with Crippen molar-refractivity contribution >= 4 is 33.2 Å². The van der Waals surface area contributed by atoms with Gasteiger partial charge in [-0.15, -0.1) is 11.3 Å². The average molecular weight is 342 g/mol. The maximum atomic E-state index is 12.4. The van der Waals surface area contributed by atoms with Gasteiger partial charge in [-0.3, -0.25) is 4.79 Å². The van der Waals surface area contributed by atoms with E-state index < -0.39 is 0 Å². The topological polar surface area (TPSA) is 29.1 Å². The Morgan fingerprint density at radius 1 is 1.26 bits per heavy atom. The summed E-state index contributed by atoms with van der Waals surface area (Å²) in [6, 6.07) is 2.14. The summed E-state index contributed by atoms with van der Waals surface area (Å²) in [5.74, 6) is 0.136. The van der Waals surface area contributed by atoms with Crippen molar-refractivity contribution in [2.45, 2.75) is 56.9 Å². The van der Waals surface area contributed by atoms with Crippen LogP contribution in [-0.4, -0.2) is 16.8 Å². The molecule has 1 aromatic heterocycles. The normalized spacial score (nSPS) is 21.1. The Bertz CT molecular complexity index is 449. The highest BCUT2D eigenvalue weighted by Crippen LogP contribution is 2.35. The number of amides is 1. The molecule has 19 heavy (non-hydrogen) atoms. The van der Waals surface area contributed by atoms with Gasteiger partial charge in [-0.05, 0) is 56.6 Å². The van der Waals surface area contributed by atoms with Gasteiger partial charge in [-0.2, -0.15) is 0 Å². The third-order valence-electron chi connectivity index (χ3n) is 4.42. The average Bonchev–Trinajstić information content (AvgIpc) is 2.65. The second-order valence-corrected chi connectivity index (χ2v) is 7.54. The Balaban J connectivity index is 1.73. The number of hydrogen-bond acceptors (Lipinski definition) is 2. The number of nitrogens with one attached hydrogen (secondary N) is 1. The number of carbonyl (C=O) groups is 1. The molecule has 0 unspecified atom stereocenters. The fourth-order valence-corrected chi connectivity index (χ4v) is 4.83. The van der Waals surface area contributed by atoms with Crippen LogP contribution in [0.2, 0.25) is 0 Å². The van der Waals surface area contributed by atoms with Gasteiger partial charge in [0.1, 0.15) is 0 Å². The molecule has 3 rings (SSSR count). The fraction of sp³-hybridized carbons (Fsp3) is 0.667. The van der Waals surface area contributed by atoms with Crippen LogP contribution in [0.1, 0.15) is 58.6 Å². The van der Waals surface area contributed by atoms with Crippen molar-refractivity contribution in [3.8, 4) is 0 Å². The summed E-state index contributed by atoms with van der Waals surface area (Å²) in [5.41, 5.74) is 1.45. The quantitative estimate of drug-likeness (QED) is 0.651. The molecule has 104 valence electrons. The minimum atomic E-state index is 0.0263. The number of aryl methyl sites for hydroxylation is 2. The SMILES string of the molecule is O=C(NC1(CBr)CCC1)c1cc2c(s1)CCCCC2. The van der Waals surface area contributed by atoms with Crippen molar-refractivity contribution in [1.82, 2.24) is 5.32 Å². The lowest BCUT2D eigenvalue weighted by Gasteiger charge is -2.41. The minimum Gasteiger partial charge on any atom is -0.345 e. The molecule has 1 amide bonds. The molecule has 1 fully saturated rings. The molecule has 1 saturated carbocycles. The van der Waals surface area contributed by atoms with Crippen molar-refractivity contribution in [3.05, 3.63) is 21.4 Å². The Kier molecular flexibility index (Phi) is 3.99. The lowest BCUT2D eigenvalue weighted by Crippen LogP contribution is -2.54. The Hall–Kier alpha value is -0.350. The van der Waals surface area contributed by atoms with Gasteiger partial charge in [0.15, 0.2) is 0 Å². The highest BCUT2D eigenvalue weighted by molar-refractivity contribution is 9.09. The first-order chi connectivity index (χ1) is 9.22. The molecule has 1 heterocycles. The van der Waals surface area contributed by atoms with E-state index in [4.69, 9.17) is 0 Å². The van der Waals surface area contributed by atoms with Crippen LogP contribution >= 0.6 is 27.3 Å². The summed E-state index contributed by atoms with van der Waals surface area (Å²) in [7, 11) is 0. The molecule has 0 radical (unpaired) electrons. The molecule has 0 saturated heterocycles. The lowest BCUT2D eigenvalue weighted by atomic mass is 9.78. The van der Waals surface area contributed by atoms with Gasteiger partial charge in [0.2, 0.25) is 0 Å². The number of alkyl halides is 1. The number of fused-ring (bicyclic) bond motifs is 1. The predicted molar refractivity (Wildman–Crippen MR) is 83.4 cm³/mol. The van der Waals surface area contributed by atoms with Gasteiger partial charge in [0.05, 0.1) is 10.4 Å². The van der Waals surface area contributed by atoms with Gasteiger partial charge < -0.3 is 5.32 Å². The standard InChI is InChI=1S/C15H20BrNOS/c16-10-15(7-4-8-15)17-14(18)13-9-11-5-2-1-3-6-12(11)19-13/h9H,1-8,10H2,(H,17,18). The van der Waals surface area contributed by atoms with Crippen LogP contribution in [0.15, 0.2) is 6.07 Å². The van der Waals surface area contributed by atoms with Gasteiger partial charge in [-0.25, -0.2) is 0 Å². The third kappa shape index (κ3) is 2.75. The number of hydrogen-bond donors (Lipinski definition) is 1. The molecule has 2 nitrogen and oxygen atoms in total. The van der Waals surface area contributed by atoms with E-state index in [0.29, 0.717) is 0 Å². The second kappa shape index (κ2) is 5.57. The third-order valence-corrected chi connectivity index (χ3v) is 6.72. The van der Waals surface area contributed by atoms with Gasteiger partial charge >= 0.3 is 0 Å². The van der Waals surface area contributed by atoms with E-state index in [2.05, 4.69) is 27.3 Å². The van der Waals surface area contributed by atoms with Crippen molar-refractivity contribution in [2.75, 3.05) is 5.33 Å². The fourth-order valence-electron chi connectivity index (χ4n) is 2.98. The molecule has 0 spiro atoms. The maximum absolute atomic E-state index is 12.4. The van der Waals surface area contributed by atoms with Crippen LogP contribution < -0.4 is 5.32 Å². The van der Waals surface area contributed by atoms with E-state index in [-0.39, 0.29) is 11.4 Å². The lowest BCUT2D eigenvalue weighted by molar-refractivity contribution is 0.0860. The summed E-state index contributed by atoms with van der Waals surface area (Å²) in [6.07, 6.45) is 9.64. The van der Waals surface area contributed by atoms with Crippen LogP contribution in [0.25, 0.3) is 0 Å². The molecule has 0 aromatic carbocycles. The second-order valence-electron chi connectivity index (χ2n) is 5.84. The zero-order chi connectivity index (χ0) is 13.3. The molecule has 1 aromatic rings. The maximum Gasteiger partial charge on any atom is 0.261 e. The van der Waals surface area contributed by atoms with Gasteiger partial charge in [0.25, 0.3) is 5.91 Å². The summed E-state index contributed by atoms with van der Waals surface area (Å²) < 4.78 is 0. The monoisotopic (exact) mass is 341 g/mol. The summed E-state index contributed by atoms with van der Waals surface area (Å²) in [6.45, 7) is 0. The minimum absolute atomic E-state index is 0.0263. The molecule has 0 atom stereocenters. The molecule has 0 bridgehead atoms. The van der Waals surface area contributed by atoms with E-state index in [1.165, 1.54) is 36.1 Å². The molecule has 1 N–H and O–H groups in total. The summed E-state index contributed by atoms with van der Waals surface area (Å²) in [5, 5.41) is 4.12. The first-order valence-corrected chi connectivity index (χ1v) is 9.16. The van der Waals surface area contributed by atoms with Crippen LogP contribution in [0.3, 0.4) is 0 Å². The zero-order valence-electron chi connectivity index (χ0n) is 11.1. The smallest absolute Gasteiger partial charge is 0.261 e. The number of carbonyl (C=O) groups excluding carboxylic acids is 1. The van der Waals surface area contributed by atoms with Crippen molar-refractivity contribution < 1.29 is 4.79 Å². The molecule has 0 aliphatic heterocycles. The molecular weight excluding hydrogens is 322 g/mol. The number of thiophene rings is 1. The Labute approximate surface area is 127 Å². The molecule has 2 aliphatic rings. The van der Waals surface area contributed by atoms with Gasteiger partial charge in [0, 0.05) is 10.2 Å². The van der Waals surface area contributed by atoms with Crippen molar-refractivity contribution in [1.29, 1.82) is 0 Å². The van der Waals surface area contributed by atoms with E-state index in [9.17, 15) is 4.79 Å². The number of rotatable bonds is 3. The van der Waals surface area contributed by atoms with Crippen LogP contribution in [0, 0.1) is 0 Å². The van der Waals surface area contributed by atoms with E-state index >= 15 is 0 Å². The summed E-state index contributed by atoms with van der Waals surface area (Å²) >= 11 is 5.26. The largest absolute Gasteiger partial charge is 0.345 e. The molecular formula is C15H20BrNOS. The van der Waals surface area contributed by atoms with Crippen molar-refractivity contribution in [3.63, 3.8) is 0 Å². The van der Waals surface area contributed by atoms with E-state index in [1.807, 2.05) is 0 Å². The van der Waals surface area contributed by atoms with E-state index in [0.717, 1.165) is 35.9 Å². The first-order valence-electron chi connectivity index (χ1n) is 7.22. The Morgan fingerprint density at radius 3 is 2.74 bits per heavy atom. The van der Waals surface area contributed by atoms with Crippen molar-refractivity contribution in [2.24, 2.45) is 0 Å². The molecule has 4 heteroatoms. The van der Waals surface area contributed by atoms with E-state index in [1.54, 1.807) is 11.3 Å². The number of halogens is 1. The summed E-state index contributed by atoms with van der Waals surface area (Å²) in [4.78, 5) is 14.8. The Morgan fingerprint density at radius 2 is 2.05 bits per heavy atom. The van der Waals surface area contributed by atoms with Crippen LogP contribution in [-0.2, 0) is 12.8 Å². The molecule has 2 aliphatic carbocycles. The van der Waals surface area contributed by atoms with Gasteiger partial charge in [-0.1, -0.05) is 22.4 Å². The highest BCUT2D eigenvalue weighted by atomic mass is 79.9. The van der Waals surface area contributed by atoms with Crippen LogP contribution in [0.4, 0.5) is 0 Å². The zero-order valence-corrected chi connectivity index (χ0v) is 13.5. The van der Waals surface area contributed by atoms with Crippen LogP contribution in [0.5, 0.6) is 0 Å². The first kappa shape index (κ1) is 13.6. The highest BCUT2D eigenvalue weighted by Gasteiger charge is 2.37. The predicted octanol–water partition coefficient (Wildman–Crippen LogP) is 4.06.